The molecule has 1 N–H and O–H groups in total. The largest absolute Gasteiger partial charge is 0.369 e. The molecule has 1 saturated heterocycles. The number of aryl methyl sites for hydroxylation is 1. The van der Waals surface area contributed by atoms with Gasteiger partial charge in [0.05, 0.1) is 4.90 Å². The number of likely N-dealkylation sites (N-methyl/N-ethyl adjacent to an activating group) is 1. The van der Waals surface area contributed by atoms with E-state index in [1.54, 1.807) is 22.6 Å². The van der Waals surface area contributed by atoms with E-state index in [2.05, 4.69) is 21.8 Å². The SMILES string of the molecule is Cc1ccc(S(=O)(=O)N2CC[C@@H](C)[C@@H](N(C)c3ccnc4[nH]ccc34)C2)cc1. The number of rotatable bonds is 4. The van der Waals surface area contributed by atoms with Gasteiger partial charge >= 0.3 is 0 Å². The molecule has 1 aliphatic heterocycles. The molecule has 0 amide bonds. The predicted octanol–water partition coefficient (Wildman–Crippen LogP) is 3.41. The number of benzene rings is 1. The van der Waals surface area contributed by atoms with Gasteiger partial charge in [0.25, 0.3) is 0 Å². The van der Waals surface area contributed by atoms with Gasteiger partial charge in [-0.15, -0.1) is 0 Å². The molecule has 148 valence electrons. The summed E-state index contributed by atoms with van der Waals surface area (Å²) in [5, 5.41) is 1.05. The highest BCUT2D eigenvalue weighted by Crippen LogP contribution is 2.32. The number of piperidine rings is 1. The first-order valence-corrected chi connectivity index (χ1v) is 11.0. The third-order valence-corrected chi connectivity index (χ3v) is 7.73. The zero-order chi connectivity index (χ0) is 19.9. The van der Waals surface area contributed by atoms with Crippen LogP contribution in [0.1, 0.15) is 18.9 Å². The first-order chi connectivity index (χ1) is 13.4. The summed E-state index contributed by atoms with van der Waals surface area (Å²) in [5.41, 5.74) is 2.96. The number of sulfonamides is 1. The van der Waals surface area contributed by atoms with Crippen molar-refractivity contribution < 1.29 is 8.42 Å². The van der Waals surface area contributed by atoms with Crippen LogP contribution in [0.5, 0.6) is 0 Å². The topological polar surface area (TPSA) is 69.3 Å². The molecule has 0 bridgehead atoms. The average Bonchev–Trinajstić information content (AvgIpc) is 3.17. The highest BCUT2D eigenvalue weighted by Gasteiger charge is 2.36. The van der Waals surface area contributed by atoms with Crippen LogP contribution in [-0.4, -0.2) is 48.9 Å². The van der Waals surface area contributed by atoms with Crippen molar-refractivity contribution in [2.45, 2.75) is 31.2 Å². The lowest BCUT2D eigenvalue weighted by atomic mass is 9.93. The number of hydrogen-bond acceptors (Lipinski definition) is 4. The molecular formula is C21H26N4O2S. The van der Waals surface area contributed by atoms with Crippen LogP contribution in [0.4, 0.5) is 5.69 Å². The first-order valence-electron chi connectivity index (χ1n) is 9.59. The molecule has 1 aromatic carbocycles. The van der Waals surface area contributed by atoms with Crippen molar-refractivity contribution in [3.05, 3.63) is 54.4 Å². The number of anilines is 1. The average molecular weight is 399 g/mol. The van der Waals surface area contributed by atoms with Gasteiger partial charge in [-0.25, -0.2) is 13.4 Å². The summed E-state index contributed by atoms with van der Waals surface area (Å²) < 4.78 is 28.0. The fourth-order valence-corrected chi connectivity index (χ4v) is 5.51. The lowest BCUT2D eigenvalue weighted by Gasteiger charge is -2.42. The minimum atomic E-state index is -3.49. The van der Waals surface area contributed by atoms with Gasteiger partial charge in [-0.05, 0) is 43.5 Å². The van der Waals surface area contributed by atoms with Crippen LogP contribution in [0.2, 0.25) is 0 Å². The van der Waals surface area contributed by atoms with Crippen molar-refractivity contribution in [1.82, 2.24) is 14.3 Å². The van der Waals surface area contributed by atoms with E-state index in [1.807, 2.05) is 44.4 Å². The van der Waals surface area contributed by atoms with E-state index in [9.17, 15) is 8.42 Å². The van der Waals surface area contributed by atoms with E-state index in [4.69, 9.17) is 0 Å². The van der Waals surface area contributed by atoms with Crippen LogP contribution in [0, 0.1) is 12.8 Å². The Hall–Kier alpha value is -2.38. The quantitative estimate of drug-likeness (QED) is 0.731. The molecule has 3 aromatic rings. The summed E-state index contributed by atoms with van der Waals surface area (Å²) in [6.07, 6.45) is 4.51. The molecule has 7 heteroatoms. The van der Waals surface area contributed by atoms with Gasteiger partial charge in [0, 0.05) is 49.6 Å². The zero-order valence-electron chi connectivity index (χ0n) is 16.5. The number of aromatic amines is 1. The van der Waals surface area contributed by atoms with E-state index < -0.39 is 10.0 Å². The molecular weight excluding hydrogens is 372 g/mol. The van der Waals surface area contributed by atoms with Crippen molar-refractivity contribution in [3.8, 4) is 0 Å². The molecule has 28 heavy (non-hydrogen) atoms. The Morgan fingerprint density at radius 3 is 2.68 bits per heavy atom. The fourth-order valence-electron chi connectivity index (χ4n) is 4.03. The second-order valence-corrected chi connectivity index (χ2v) is 9.63. The second kappa shape index (κ2) is 7.22. The van der Waals surface area contributed by atoms with Crippen LogP contribution < -0.4 is 4.90 Å². The van der Waals surface area contributed by atoms with Crippen molar-refractivity contribution in [2.24, 2.45) is 5.92 Å². The molecule has 1 fully saturated rings. The highest BCUT2D eigenvalue weighted by atomic mass is 32.2. The number of fused-ring (bicyclic) bond motifs is 1. The molecule has 0 radical (unpaired) electrons. The Morgan fingerprint density at radius 1 is 1.18 bits per heavy atom. The van der Waals surface area contributed by atoms with E-state index in [1.165, 1.54) is 0 Å². The summed E-state index contributed by atoms with van der Waals surface area (Å²) in [7, 11) is -1.45. The summed E-state index contributed by atoms with van der Waals surface area (Å²) in [6.45, 7) is 5.19. The van der Waals surface area contributed by atoms with Crippen LogP contribution in [0.15, 0.2) is 53.7 Å². The van der Waals surface area contributed by atoms with Gasteiger partial charge in [-0.3, -0.25) is 0 Å². The minimum absolute atomic E-state index is 0.0921. The summed E-state index contributed by atoms with van der Waals surface area (Å²) in [4.78, 5) is 10.1. The number of aromatic nitrogens is 2. The molecule has 0 spiro atoms. The Balaban J connectivity index is 1.63. The Kier molecular flexibility index (Phi) is 4.89. The van der Waals surface area contributed by atoms with Crippen molar-refractivity contribution in [3.63, 3.8) is 0 Å². The monoisotopic (exact) mass is 398 g/mol. The number of pyridine rings is 1. The van der Waals surface area contributed by atoms with Crippen molar-refractivity contribution >= 4 is 26.7 Å². The van der Waals surface area contributed by atoms with E-state index in [0.29, 0.717) is 23.9 Å². The normalized spacial score (nSPS) is 21.1. The van der Waals surface area contributed by atoms with Gasteiger partial charge in [0.15, 0.2) is 0 Å². The second-order valence-electron chi connectivity index (χ2n) is 7.69. The number of nitrogens with one attached hydrogen (secondary N) is 1. The smallest absolute Gasteiger partial charge is 0.243 e. The summed E-state index contributed by atoms with van der Waals surface area (Å²) >= 11 is 0. The molecule has 3 heterocycles. The molecule has 0 aliphatic carbocycles. The Bertz CT molecular complexity index is 1080. The van der Waals surface area contributed by atoms with Crippen LogP contribution in [-0.2, 0) is 10.0 Å². The van der Waals surface area contributed by atoms with Gasteiger partial charge in [0.1, 0.15) is 5.65 Å². The molecule has 0 unspecified atom stereocenters. The molecule has 1 aliphatic rings. The molecule has 0 saturated carbocycles. The maximum Gasteiger partial charge on any atom is 0.243 e. The number of nitrogens with zero attached hydrogens (tertiary/aromatic N) is 3. The van der Waals surface area contributed by atoms with Crippen molar-refractivity contribution in [2.75, 3.05) is 25.0 Å². The van der Waals surface area contributed by atoms with E-state index in [0.717, 1.165) is 28.7 Å². The van der Waals surface area contributed by atoms with Gasteiger partial charge in [-0.1, -0.05) is 24.6 Å². The third-order valence-electron chi connectivity index (χ3n) is 5.85. The van der Waals surface area contributed by atoms with Gasteiger partial charge in [0.2, 0.25) is 10.0 Å². The summed E-state index contributed by atoms with van der Waals surface area (Å²) in [5.74, 6) is 0.386. The van der Waals surface area contributed by atoms with Gasteiger partial charge in [-0.2, -0.15) is 4.31 Å². The lowest BCUT2D eigenvalue weighted by molar-refractivity contribution is 0.248. The third kappa shape index (κ3) is 3.29. The zero-order valence-corrected chi connectivity index (χ0v) is 17.3. The van der Waals surface area contributed by atoms with Crippen LogP contribution in [0.3, 0.4) is 0 Å². The maximum absolute atomic E-state index is 13.2. The van der Waals surface area contributed by atoms with Crippen LogP contribution >= 0.6 is 0 Å². The van der Waals surface area contributed by atoms with Crippen molar-refractivity contribution in [1.29, 1.82) is 0 Å². The minimum Gasteiger partial charge on any atom is -0.369 e. The Labute approximate surface area is 166 Å². The Morgan fingerprint density at radius 2 is 1.93 bits per heavy atom. The van der Waals surface area contributed by atoms with E-state index in [-0.39, 0.29) is 6.04 Å². The fraction of sp³-hybridized carbons (Fsp3) is 0.381. The van der Waals surface area contributed by atoms with Gasteiger partial charge < -0.3 is 9.88 Å². The molecule has 6 nitrogen and oxygen atoms in total. The van der Waals surface area contributed by atoms with Crippen LogP contribution in [0.25, 0.3) is 11.0 Å². The number of hydrogen-bond donors (Lipinski definition) is 1. The summed E-state index contributed by atoms with van der Waals surface area (Å²) in [6, 6.07) is 11.2. The lowest BCUT2D eigenvalue weighted by Crippen LogP contribution is -2.52. The maximum atomic E-state index is 13.2. The molecule has 2 atom stereocenters. The standard InChI is InChI=1S/C21H26N4O2S/c1-15-4-6-17(7-5-15)28(26,27)25-13-10-16(2)20(14-25)24(3)19-9-12-23-21-18(19)8-11-22-21/h4-9,11-12,16,20H,10,13-14H2,1-3H3,(H,22,23)/t16-,20+/m1/s1. The van der Waals surface area contributed by atoms with E-state index >= 15 is 0 Å². The number of H-pyrrole nitrogens is 1. The first kappa shape index (κ1) is 19.0. The molecule has 2 aromatic heterocycles. The highest BCUT2D eigenvalue weighted by molar-refractivity contribution is 7.89. The predicted molar refractivity (Wildman–Crippen MR) is 112 cm³/mol. The molecule has 4 rings (SSSR count).